The number of aromatic amines is 1. The lowest BCUT2D eigenvalue weighted by Crippen LogP contribution is -1.95. The van der Waals surface area contributed by atoms with Gasteiger partial charge in [0, 0.05) is 23.7 Å². The molecule has 0 aliphatic heterocycles. The monoisotopic (exact) mass is 296 g/mol. The van der Waals surface area contributed by atoms with Crippen LogP contribution < -0.4 is 10.1 Å². The van der Waals surface area contributed by atoms with Crippen LogP contribution in [0.2, 0.25) is 0 Å². The first-order chi connectivity index (χ1) is 10.8. The van der Waals surface area contributed by atoms with Gasteiger partial charge in [0.15, 0.2) is 17.4 Å². The minimum Gasteiger partial charge on any atom is -0.494 e. The van der Waals surface area contributed by atoms with E-state index in [1.807, 2.05) is 12.1 Å². The number of anilines is 2. The summed E-state index contributed by atoms with van der Waals surface area (Å²) in [6, 6.07) is 7.00. The van der Waals surface area contributed by atoms with Gasteiger partial charge in [-0.05, 0) is 29.8 Å². The molecule has 22 heavy (non-hydrogen) atoms. The molecule has 0 atom stereocenters. The lowest BCUT2D eigenvalue weighted by Gasteiger charge is -2.05. The van der Waals surface area contributed by atoms with E-state index in [1.54, 1.807) is 18.5 Å². The SMILES string of the molecule is COc1cc2c(cc1F)Cc1c(Nc3cccnc3)n[nH]c1-2. The zero-order valence-electron chi connectivity index (χ0n) is 11.9. The molecular formula is C16H13FN4O. The van der Waals surface area contributed by atoms with Gasteiger partial charge in [0.2, 0.25) is 0 Å². The number of nitrogens with zero attached hydrogens (tertiary/aromatic N) is 2. The zero-order chi connectivity index (χ0) is 15.1. The third kappa shape index (κ3) is 1.92. The molecule has 2 heterocycles. The van der Waals surface area contributed by atoms with Gasteiger partial charge in [-0.25, -0.2) is 4.39 Å². The van der Waals surface area contributed by atoms with E-state index in [-0.39, 0.29) is 11.6 Å². The number of methoxy groups -OCH3 is 1. The molecule has 0 saturated carbocycles. The number of pyridine rings is 1. The fourth-order valence-corrected chi connectivity index (χ4v) is 2.76. The molecule has 6 heteroatoms. The van der Waals surface area contributed by atoms with Crippen LogP contribution in [0.1, 0.15) is 11.1 Å². The van der Waals surface area contributed by atoms with E-state index < -0.39 is 0 Å². The third-order valence-corrected chi connectivity index (χ3v) is 3.81. The highest BCUT2D eigenvalue weighted by atomic mass is 19.1. The summed E-state index contributed by atoms with van der Waals surface area (Å²) >= 11 is 0. The summed E-state index contributed by atoms with van der Waals surface area (Å²) in [4.78, 5) is 4.07. The van der Waals surface area contributed by atoms with Gasteiger partial charge in [-0.3, -0.25) is 10.1 Å². The smallest absolute Gasteiger partial charge is 0.165 e. The molecule has 0 fully saturated rings. The first-order valence-corrected chi connectivity index (χ1v) is 6.87. The van der Waals surface area contributed by atoms with Crippen LogP contribution in [0.25, 0.3) is 11.3 Å². The molecule has 5 nitrogen and oxygen atoms in total. The molecule has 1 aliphatic carbocycles. The van der Waals surface area contributed by atoms with Crippen molar-refractivity contribution < 1.29 is 9.13 Å². The standard InChI is InChI=1S/C16H13FN4O/c1-22-14-7-11-9(6-13(14)17)5-12-15(11)20-21-16(12)19-10-3-2-4-18-8-10/h2-4,6-8H,5H2,1H3,(H2,19,20,21). The van der Waals surface area contributed by atoms with Crippen LogP contribution in [0.3, 0.4) is 0 Å². The van der Waals surface area contributed by atoms with E-state index in [4.69, 9.17) is 4.74 Å². The van der Waals surface area contributed by atoms with E-state index in [9.17, 15) is 4.39 Å². The summed E-state index contributed by atoms with van der Waals surface area (Å²) in [7, 11) is 1.46. The maximum atomic E-state index is 13.8. The molecule has 0 radical (unpaired) electrons. The van der Waals surface area contributed by atoms with Crippen LogP contribution in [0, 0.1) is 5.82 Å². The molecule has 1 aliphatic rings. The van der Waals surface area contributed by atoms with E-state index in [0.29, 0.717) is 6.42 Å². The second-order valence-corrected chi connectivity index (χ2v) is 5.11. The van der Waals surface area contributed by atoms with Crippen LogP contribution in [0.15, 0.2) is 36.7 Å². The van der Waals surface area contributed by atoms with Crippen LogP contribution in [-0.4, -0.2) is 22.3 Å². The van der Waals surface area contributed by atoms with Crippen molar-refractivity contribution in [2.24, 2.45) is 0 Å². The lowest BCUT2D eigenvalue weighted by molar-refractivity contribution is 0.386. The van der Waals surface area contributed by atoms with Gasteiger partial charge < -0.3 is 10.1 Å². The van der Waals surface area contributed by atoms with Gasteiger partial charge in [0.05, 0.1) is 24.7 Å². The molecule has 0 bridgehead atoms. The number of hydrogen-bond donors (Lipinski definition) is 2. The Morgan fingerprint density at radius 2 is 2.27 bits per heavy atom. The average Bonchev–Trinajstić information content (AvgIpc) is 3.07. The van der Waals surface area contributed by atoms with Gasteiger partial charge in [0.25, 0.3) is 0 Å². The first-order valence-electron chi connectivity index (χ1n) is 6.87. The Hall–Kier alpha value is -2.89. The number of benzene rings is 1. The molecule has 110 valence electrons. The van der Waals surface area contributed by atoms with Crippen LogP contribution in [0.4, 0.5) is 15.9 Å². The van der Waals surface area contributed by atoms with Gasteiger partial charge in [-0.1, -0.05) is 0 Å². The predicted molar refractivity (Wildman–Crippen MR) is 80.9 cm³/mol. The van der Waals surface area contributed by atoms with Crippen molar-refractivity contribution >= 4 is 11.5 Å². The van der Waals surface area contributed by atoms with E-state index in [2.05, 4.69) is 20.5 Å². The second-order valence-electron chi connectivity index (χ2n) is 5.11. The number of halogens is 1. The summed E-state index contributed by atoms with van der Waals surface area (Å²) in [5.41, 5.74) is 4.64. The largest absolute Gasteiger partial charge is 0.494 e. The Labute approximate surface area is 126 Å². The molecule has 2 aromatic heterocycles. The first kappa shape index (κ1) is 12.8. The van der Waals surface area contributed by atoms with Crippen molar-refractivity contribution in [3.05, 3.63) is 53.6 Å². The van der Waals surface area contributed by atoms with E-state index >= 15 is 0 Å². The van der Waals surface area contributed by atoms with Gasteiger partial charge >= 0.3 is 0 Å². The van der Waals surface area contributed by atoms with Gasteiger partial charge in [-0.15, -0.1) is 0 Å². The Morgan fingerprint density at radius 3 is 3.05 bits per heavy atom. The topological polar surface area (TPSA) is 62.8 Å². The maximum Gasteiger partial charge on any atom is 0.165 e. The Morgan fingerprint density at radius 1 is 1.36 bits per heavy atom. The second kappa shape index (κ2) is 4.84. The van der Waals surface area contributed by atoms with E-state index in [0.717, 1.165) is 33.9 Å². The summed E-state index contributed by atoms with van der Waals surface area (Å²) in [5, 5.41) is 10.6. The highest BCUT2D eigenvalue weighted by Gasteiger charge is 2.26. The predicted octanol–water partition coefficient (Wildman–Crippen LogP) is 3.27. The highest BCUT2D eigenvalue weighted by molar-refractivity contribution is 5.80. The number of fused-ring (bicyclic) bond motifs is 3. The minimum absolute atomic E-state index is 0.239. The number of aromatic nitrogens is 3. The van der Waals surface area contributed by atoms with Crippen LogP contribution in [0.5, 0.6) is 5.75 Å². The van der Waals surface area contributed by atoms with Gasteiger partial charge in [-0.2, -0.15) is 5.10 Å². The maximum absolute atomic E-state index is 13.8. The number of ether oxygens (including phenoxy) is 1. The summed E-state index contributed by atoms with van der Waals surface area (Å²) in [6.07, 6.45) is 4.07. The summed E-state index contributed by atoms with van der Waals surface area (Å²) in [5.74, 6) is 0.627. The van der Waals surface area contributed by atoms with Crippen LogP contribution >= 0.6 is 0 Å². The van der Waals surface area contributed by atoms with Crippen molar-refractivity contribution in [3.8, 4) is 17.0 Å². The molecule has 1 aromatic carbocycles. The third-order valence-electron chi connectivity index (χ3n) is 3.81. The van der Waals surface area contributed by atoms with E-state index in [1.165, 1.54) is 13.2 Å². The number of hydrogen-bond acceptors (Lipinski definition) is 4. The fourth-order valence-electron chi connectivity index (χ4n) is 2.76. The average molecular weight is 296 g/mol. The Bertz CT molecular complexity index is 845. The van der Waals surface area contributed by atoms with Gasteiger partial charge in [0.1, 0.15) is 0 Å². The Balaban J connectivity index is 1.73. The van der Waals surface area contributed by atoms with Crippen molar-refractivity contribution in [3.63, 3.8) is 0 Å². The van der Waals surface area contributed by atoms with Crippen molar-refractivity contribution in [2.75, 3.05) is 12.4 Å². The minimum atomic E-state index is -0.346. The quantitative estimate of drug-likeness (QED) is 0.609. The van der Waals surface area contributed by atoms with Crippen molar-refractivity contribution in [1.82, 2.24) is 15.2 Å². The van der Waals surface area contributed by atoms with Crippen molar-refractivity contribution in [1.29, 1.82) is 0 Å². The molecule has 0 amide bonds. The number of H-pyrrole nitrogens is 1. The highest BCUT2D eigenvalue weighted by Crippen LogP contribution is 2.41. The Kier molecular flexibility index (Phi) is 2.82. The molecule has 0 saturated heterocycles. The molecule has 3 aromatic rings. The summed E-state index contributed by atoms with van der Waals surface area (Å²) < 4.78 is 18.9. The molecule has 2 N–H and O–H groups in total. The fraction of sp³-hybridized carbons (Fsp3) is 0.125. The van der Waals surface area contributed by atoms with Crippen molar-refractivity contribution in [2.45, 2.75) is 6.42 Å². The molecule has 0 unspecified atom stereocenters. The molecule has 0 spiro atoms. The van der Waals surface area contributed by atoms with Crippen LogP contribution in [-0.2, 0) is 6.42 Å². The summed E-state index contributed by atoms with van der Waals surface area (Å²) in [6.45, 7) is 0. The zero-order valence-corrected chi connectivity index (χ0v) is 11.9. The molecular weight excluding hydrogens is 283 g/mol. The number of nitrogens with one attached hydrogen (secondary N) is 2. The lowest BCUT2D eigenvalue weighted by atomic mass is 10.1. The molecule has 4 rings (SSSR count). The number of rotatable bonds is 3. The normalized spacial score (nSPS) is 11.9.